The zero-order valence-electron chi connectivity index (χ0n) is 17.9. The number of rotatable bonds is 6. The average Bonchev–Trinajstić information content (AvgIpc) is 2.85. The molecule has 0 fully saturated rings. The number of aliphatic hydroxyl groups excluding tert-OH is 2. The molecule has 0 aliphatic rings. The van der Waals surface area contributed by atoms with Crippen molar-refractivity contribution in [2.24, 2.45) is 0 Å². The second-order valence-electron chi connectivity index (χ2n) is 7.10. The minimum atomic E-state index is -1.96. The number of hydrogen-bond acceptors (Lipinski definition) is 6. The van der Waals surface area contributed by atoms with Crippen molar-refractivity contribution in [2.75, 3.05) is 20.7 Å². The lowest BCUT2D eigenvalue weighted by atomic mass is 9.96. The molecular formula is C23H25N3O6. The van der Waals surface area contributed by atoms with Gasteiger partial charge in [0.2, 0.25) is 0 Å². The Labute approximate surface area is 185 Å². The molecule has 0 radical (unpaired) electrons. The van der Waals surface area contributed by atoms with E-state index in [1.165, 1.54) is 38.6 Å². The average molecular weight is 439 g/mol. The van der Waals surface area contributed by atoms with Gasteiger partial charge in [0.1, 0.15) is 6.10 Å². The highest BCUT2D eigenvalue weighted by Crippen LogP contribution is 2.18. The molecule has 0 spiro atoms. The fraction of sp³-hybridized carbons (Fsp3) is 0.261. The predicted octanol–water partition coefficient (Wildman–Crippen LogP) is 0.194. The van der Waals surface area contributed by atoms with Gasteiger partial charge >= 0.3 is 0 Å². The smallest absolute Gasteiger partial charge is 0.278 e. The summed E-state index contributed by atoms with van der Waals surface area (Å²) in [5.41, 5.74) is 1.61. The molecule has 0 aliphatic heterocycles. The number of nitrogens with zero attached hydrogens (tertiary/aromatic N) is 1. The lowest BCUT2D eigenvalue weighted by Crippen LogP contribution is -2.64. The van der Waals surface area contributed by atoms with E-state index in [4.69, 9.17) is 10.3 Å². The van der Waals surface area contributed by atoms with Crippen molar-refractivity contribution in [1.29, 1.82) is 0 Å². The monoisotopic (exact) mass is 439 g/mol. The Bertz CT molecular complexity index is 1020. The van der Waals surface area contributed by atoms with Crippen molar-refractivity contribution >= 4 is 17.7 Å². The van der Waals surface area contributed by atoms with E-state index < -0.39 is 29.4 Å². The molecule has 9 heteroatoms. The summed E-state index contributed by atoms with van der Waals surface area (Å²) < 4.78 is 0. The fourth-order valence-electron chi connectivity index (χ4n) is 2.89. The summed E-state index contributed by atoms with van der Waals surface area (Å²) in [7, 11) is 2.61. The van der Waals surface area contributed by atoms with Gasteiger partial charge in [-0.2, -0.15) is 0 Å². The Morgan fingerprint density at radius 3 is 1.94 bits per heavy atom. The van der Waals surface area contributed by atoms with Crippen LogP contribution in [0.25, 0.3) is 0 Å². The molecule has 0 aromatic heterocycles. The van der Waals surface area contributed by atoms with E-state index in [0.717, 1.165) is 4.90 Å². The maximum absolute atomic E-state index is 12.8. The molecule has 2 aromatic rings. The Hall–Kier alpha value is -3.71. The van der Waals surface area contributed by atoms with Crippen molar-refractivity contribution in [3.05, 3.63) is 70.8 Å². The van der Waals surface area contributed by atoms with Crippen LogP contribution in [0.15, 0.2) is 48.5 Å². The molecule has 0 bridgehead atoms. The van der Waals surface area contributed by atoms with Crippen LogP contribution in [0.2, 0.25) is 0 Å². The Morgan fingerprint density at radius 2 is 1.50 bits per heavy atom. The van der Waals surface area contributed by atoms with E-state index in [1.54, 1.807) is 36.4 Å². The summed E-state index contributed by atoms with van der Waals surface area (Å²) in [6, 6.07) is 13.1. The molecular weight excluding hydrogens is 414 g/mol. The normalized spacial score (nSPS) is 13.1. The molecule has 2 atom stereocenters. The summed E-state index contributed by atoms with van der Waals surface area (Å²) >= 11 is 0. The Morgan fingerprint density at radius 1 is 1.00 bits per heavy atom. The third-order valence-electron chi connectivity index (χ3n) is 5.14. The van der Waals surface area contributed by atoms with Crippen molar-refractivity contribution in [3.8, 4) is 11.8 Å². The van der Waals surface area contributed by atoms with Gasteiger partial charge in [0.05, 0.1) is 6.61 Å². The molecule has 2 aromatic carbocycles. The van der Waals surface area contributed by atoms with E-state index in [2.05, 4.69) is 17.2 Å². The van der Waals surface area contributed by atoms with Gasteiger partial charge in [0.25, 0.3) is 17.7 Å². The van der Waals surface area contributed by atoms with Gasteiger partial charge in [0.15, 0.2) is 5.54 Å². The maximum Gasteiger partial charge on any atom is 0.278 e. The van der Waals surface area contributed by atoms with E-state index in [1.807, 2.05) is 0 Å². The van der Waals surface area contributed by atoms with Crippen LogP contribution in [0.5, 0.6) is 0 Å². The number of carbonyl (C=O) groups is 3. The second kappa shape index (κ2) is 10.5. The highest BCUT2D eigenvalue weighted by molar-refractivity contribution is 6.12. The molecule has 0 saturated heterocycles. The summed E-state index contributed by atoms with van der Waals surface area (Å²) in [5, 5.41) is 29.9. The molecule has 0 heterocycles. The number of benzene rings is 2. The van der Waals surface area contributed by atoms with Gasteiger partial charge in [0, 0.05) is 30.8 Å². The summed E-state index contributed by atoms with van der Waals surface area (Å²) in [6.45, 7) is 0.859. The highest BCUT2D eigenvalue weighted by Gasteiger charge is 2.47. The number of aliphatic hydroxyl groups is 2. The van der Waals surface area contributed by atoms with Gasteiger partial charge < -0.3 is 20.4 Å². The van der Waals surface area contributed by atoms with Gasteiger partial charge in [-0.15, -0.1) is 0 Å². The lowest BCUT2D eigenvalue weighted by molar-refractivity contribution is -0.148. The lowest BCUT2D eigenvalue weighted by Gasteiger charge is -2.34. The predicted molar refractivity (Wildman–Crippen MR) is 115 cm³/mol. The number of nitrogens with one attached hydrogen (secondary N) is 2. The standard InChI is InChI=1S/C23H25N3O6/c1-23(21(30)24-2,22(31)25-32)26(3)20(29)18-12-8-16(9-13-18)5-4-15-6-10-17(11-7-15)19(28)14-27/h6-13,19,27-28,32H,14H2,1-3H3,(H,24,30)(H,25,31)/t19-,23+/m1/s1. The minimum absolute atomic E-state index is 0.223. The van der Waals surface area contributed by atoms with E-state index in [0.29, 0.717) is 16.7 Å². The van der Waals surface area contributed by atoms with Crippen molar-refractivity contribution in [1.82, 2.24) is 15.7 Å². The molecule has 3 amide bonds. The van der Waals surface area contributed by atoms with Gasteiger partial charge in [-0.1, -0.05) is 24.0 Å². The first-order valence-electron chi connectivity index (χ1n) is 9.64. The van der Waals surface area contributed by atoms with Crippen LogP contribution in [-0.2, 0) is 9.59 Å². The molecule has 2 rings (SSSR count). The second-order valence-corrected chi connectivity index (χ2v) is 7.10. The van der Waals surface area contributed by atoms with Crippen LogP contribution < -0.4 is 10.8 Å². The third kappa shape index (κ3) is 5.12. The van der Waals surface area contributed by atoms with Gasteiger partial charge in [-0.3, -0.25) is 19.6 Å². The zero-order valence-corrected chi connectivity index (χ0v) is 17.9. The number of amides is 3. The van der Waals surface area contributed by atoms with Gasteiger partial charge in [-0.25, -0.2) is 5.48 Å². The van der Waals surface area contributed by atoms with Crippen LogP contribution in [0.1, 0.15) is 40.1 Å². The SMILES string of the molecule is CNC(=O)[C@@](C)(C(=O)NO)N(C)C(=O)c1ccc(C#Cc2ccc([C@H](O)CO)cc2)cc1. The van der Waals surface area contributed by atoms with Crippen LogP contribution in [0.4, 0.5) is 0 Å². The van der Waals surface area contributed by atoms with Crippen LogP contribution >= 0.6 is 0 Å². The Balaban J connectivity index is 2.20. The maximum atomic E-state index is 12.8. The van der Waals surface area contributed by atoms with Crippen LogP contribution in [-0.4, -0.2) is 64.3 Å². The topological polar surface area (TPSA) is 139 Å². The highest BCUT2D eigenvalue weighted by atomic mass is 16.5. The zero-order chi connectivity index (χ0) is 23.9. The molecule has 32 heavy (non-hydrogen) atoms. The van der Waals surface area contributed by atoms with Crippen LogP contribution in [0, 0.1) is 11.8 Å². The number of likely N-dealkylation sites (N-methyl/N-ethyl adjacent to an activating group) is 2. The molecule has 0 unspecified atom stereocenters. The van der Waals surface area contributed by atoms with Crippen molar-refractivity contribution in [3.63, 3.8) is 0 Å². The largest absolute Gasteiger partial charge is 0.393 e. The minimum Gasteiger partial charge on any atom is -0.393 e. The molecule has 168 valence electrons. The fourth-order valence-corrected chi connectivity index (χ4v) is 2.89. The first-order chi connectivity index (χ1) is 15.2. The molecule has 0 aliphatic carbocycles. The molecule has 9 nitrogen and oxygen atoms in total. The summed E-state index contributed by atoms with van der Waals surface area (Å²) in [5.74, 6) is 3.51. The third-order valence-corrected chi connectivity index (χ3v) is 5.14. The number of hydroxylamine groups is 1. The first kappa shape index (κ1) is 24.6. The van der Waals surface area contributed by atoms with Crippen molar-refractivity contribution in [2.45, 2.75) is 18.6 Å². The molecule has 0 saturated carbocycles. The number of hydrogen-bond donors (Lipinski definition) is 5. The van der Waals surface area contributed by atoms with Crippen LogP contribution in [0.3, 0.4) is 0 Å². The quantitative estimate of drug-likeness (QED) is 0.189. The number of carbonyl (C=O) groups excluding carboxylic acids is 3. The van der Waals surface area contributed by atoms with Gasteiger partial charge in [-0.05, 0) is 48.9 Å². The summed E-state index contributed by atoms with van der Waals surface area (Å²) in [4.78, 5) is 38.1. The van der Waals surface area contributed by atoms with E-state index in [9.17, 15) is 19.5 Å². The van der Waals surface area contributed by atoms with E-state index in [-0.39, 0.29) is 12.2 Å². The summed E-state index contributed by atoms with van der Waals surface area (Å²) in [6.07, 6.45) is -0.936. The van der Waals surface area contributed by atoms with Crippen molar-refractivity contribution < 1.29 is 29.8 Å². The molecule has 5 N–H and O–H groups in total. The first-order valence-corrected chi connectivity index (χ1v) is 9.64. The van der Waals surface area contributed by atoms with E-state index >= 15 is 0 Å². The Kier molecular flexibility index (Phi) is 8.09.